The quantitative estimate of drug-likeness (QED) is 0.833. The normalized spacial score (nSPS) is 11.2. The third-order valence-electron chi connectivity index (χ3n) is 2.00. The van der Waals surface area contributed by atoms with Gasteiger partial charge in [-0.05, 0) is 24.6 Å². The van der Waals surface area contributed by atoms with Crippen LogP contribution in [-0.4, -0.2) is 33.0 Å². The van der Waals surface area contributed by atoms with Crippen molar-refractivity contribution in [2.45, 2.75) is 6.42 Å². The number of rotatable bonds is 6. The maximum Gasteiger partial charge on any atom is 0.232 e. The minimum atomic E-state index is -3.46. The Labute approximate surface area is 109 Å². The summed E-state index contributed by atoms with van der Waals surface area (Å²) in [6.07, 6.45) is 0.200. The van der Waals surface area contributed by atoms with Gasteiger partial charge in [0.2, 0.25) is 10.0 Å². The van der Waals surface area contributed by atoms with Gasteiger partial charge in [0.25, 0.3) is 0 Å². The highest BCUT2D eigenvalue weighted by molar-refractivity contribution is 9.10. The Balaban J connectivity index is 2.90. The average Bonchev–Trinajstić information content (AvgIpc) is 2.26. The Hall–Kier alpha value is -0.790. The molecule has 0 aliphatic heterocycles. The lowest BCUT2D eigenvalue weighted by Crippen LogP contribution is -2.17. The molecule has 7 heteroatoms. The summed E-state index contributed by atoms with van der Waals surface area (Å²) in [7, 11) is -1.99. The SMILES string of the molecule is COc1ccc(Br)cc1NS(=O)(=O)CCCO. The lowest BCUT2D eigenvalue weighted by atomic mass is 10.3. The van der Waals surface area contributed by atoms with Crippen molar-refractivity contribution in [1.82, 2.24) is 0 Å². The van der Waals surface area contributed by atoms with Crippen LogP contribution in [0.4, 0.5) is 5.69 Å². The molecule has 0 fully saturated rings. The number of sulfonamides is 1. The van der Waals surface area contributed by atoms with Crippen LogP contribution >= 0.6 is 15.9 Å². The number of anilines is 1. The summed E-state index contributed by atoms with van der Waals surface area (Å²) in [4.78, 5) is 0. The van der Waals surface area contributed by atoms with Crippen LogP contribution in [0.15, 0.2) is 22.7 Å². The molecular formula is C10H14BrNO4S. The molecule has 0 aliphatic carbocycles. The van der Waals surface area contributed by atoms with E-state index in [0.717, 1.165) is 4.47 Å². The molecule has 0 saturated carbocycles. The van der Waals surface area contributed by atoms with Crippen molar-refractivity contribution in [2.24, 2.45) is 0 Å². The van der Waals surface area contributed by atoms with E-state index >= 15 is 0 Å². The molecular weight excluding hydrogens is 310 g/mol. The van der Waals surface area contributed by atoms with Crippen molar-refractivity contribution in [3.63, 3.8) is 0 Å². The number of nitrogens with one attached hydrogen (secondary N) is 1. The topological polar surface area (TPSA) is 75.6 Å². The number of methoxy groups -OCH3 is 1. The van der Waals surface area contributed by atoms with Gasteiger partial charge in [0.1, 0.15) is 5.75 Å². The molecule has 0 aliphatic rings. The van der Waals surface area contributed by atoms with E-state index in [1.165, 1.54) is 7.11 Å². The molecule has 0 heterocycles. The Morgan fingerprint density at radius 1 is 1.47 bits per heavy atom. The molecule has 0 atom stereocenters. The second-order valence-corrected chi connectivity index (χ2v) is 6.10. The van der Waals surface area contributed by atoms with Crippen molar-refractivity contribution < 1.29 is 18.3 Å². The number of halogens is 1. The standard InChI is InChI=1S/C10H14BrNO4S/c1-16-10-4-3-8(11)7-9(10)12-17(14,15)6-2-5-13/h3-4,7,12-13H,2,5-6H2,1H3. The molecule has 2 N–H and O–H groups in total. The van der Waals surface area contributed by atoms with Crippen LogP contribution in [0.25, 0.3) is 0 Å². The van der Waals surface area contributed by atoms with Crippen LogP contribution in [0.3, 0.4) is 0 Å². The summed E-state index contributed by atoms with van der Waals surface area (Å²) < 4.78 is 31.5. The highest BCUT2D eigenvalue weighted by atomic mass is 79.9. The van der Waals surface area contributed by atoms with Gasteiger partial charge in [0.05, 0.1) is 18.6 Å². The van der Waals surface area contributed by atoms with E-state index in [4.69, 9.17) is 9.84 Å². The molecule has 5 nitrogen and oxygen atoms in total. The fourth-order valence-corrected chi connectivity index (χ4v) is 2.70. The van der Waals surface area contributed by atoms with Gasteiger partial charge in [0.15, 0.2) is 0 Å². The van der Waals surface area contributed by atoms with Crippen molar-refractivity contribution >= 4 is 31.6 Å². The second-order valence-electron chi connectivity index (χ2n) is 3.34. The number of hydrogen-bond acceptors (Lipinski definition) is 4. The van der Waals surface area contributed by atoms with Crippen molar-refractivity contribution in [1.29, 1.82) is 0 Å². The highest BCUT2D eigenvalue weighted by Crippen LogP contribution is 2.28. The van der Waals surface area contributed by atoms with Crippen LogP contribution in [0.5, 0.6) is 5.75 Å². The first-order chi connectivity index (χ1) is 7.98. The van der Waals surface area contributed by atoms with Crippen LogP contribution in [-0.2, 0) is 10.0 Å². The number of benzene rings is 1. The summed E-state index contributed by atoms with van der Waals surface area (Å²) >= 11 is 3.26. The summed E-state index contributed by atoms with van der Waals surface area (Å²) in [6.45, 7) is -0.156. The summed E-state index contributed by atoms with van der Waals surface area (Å²) in [6, 6.07) is 5.04. The molecule has 0 spiro atoms. The van der Waals surface area contributed by atoms with Crippen LogP contribution in [0.1, 0.15) is 6.42 Å². The van der Waals surface area contributed by atoms with E-state index in [1.807, 2.05) is 0 Å². The van der Waals surface area contributed by atoms with E-state index in [9.17, 15) is 8.42 Å². The van der Waals surface area contributed by atoms with E-state index in [2.05, 4.69) is 20.7 Å². The first-order valence-electron chi connectivity index (χ1n) is 4.93. The first-order valence-corrected chi connectivity index (χ1v) is 7.38. The zero-order chi connectivity index (χ0) is 12.9. The fourth-order valence-electron chi connectivity index (χ4n) is 1.23. The van der Waals surface area contributed by atoms with Crippen molar-refractivity contribution in [3.8, 4) is 5.75 Å². The Kier molecular flexibility index (Phi) is 5.23. The summed E-state index contributed by atoms with van der Waals surface area (Å²) in [5.41, 5.74) is 0.375. The predicted molar refractivity (Wildman–Crippen MR) is 69.8 cm³/mol. The van der Waals surface area contributed by atoms with Gasteiger partial charge in [-0.3, -0.25) is 4.72 Å². The zero-order valence-electron chi connectivity index (χ0n) is 9.31. The van der Waals surface area contributed by atoms with E-state index < -0.39 is 10.0 Å². The number of aliphatic hydroxyl groups excluding tert-OH is 1. The number of aliphatic hydroxyl groups is 1. The second kappa shape index (κ2) is 6.23. The highest BCUT2D eigenvalue weighted by Gasteiger charge is 2.13. The molecule has 1 aromatic rings. The van der Waals surface area contributed by atoms with Gasteiger partial charge in [-0.2, -0.15) is 0 Å². The van der Waals surface area contributed by atoms with Crippen LogP contribution < -0.4 is 9.46 Å². The van der Waals surface area contributed by atoms with Gasteiger partial charge in [-0.1, -0.05) is 15.9 Å². The third-order valence-corrected chi connectivity index (χ3v) is 3.85. The molecule has 1 rings (SSSR count). The Morgan fingerprint density at radius 2 is 2.18 bits per heavy atom. The Morgan fingerprint density at radius 3 is 2.76 bits per heavy atom. The summed E-state index contributed by atoms with van der Waals surface area (Å²) in [5.74, 6) is 0.319. The van der Waals surface area contributed by atoms with Gasteiger partial charge in [-0.25, -0.2) is 8.42 Å². The predicted octanol–water partition coefficient (Wildman–Crippen LogP) is 1.58. The van der Waals surface area contributed by atoms with Crippen LogP contribution in [0.2, 0.25) is 0 Å². The largest absolute Gasteiger partial charge is 0.495 e. The van der Waals surface area contributed by atoms with Crippen molar-refractivity contribution in [2.75, 3.05) is 24.2 Å². The smallest absolute Gasteiger partial charge is 0.232 e. The molecule has 0 saturated heterocycles. The lowest BCUT2D eigenvalue weighted by Gasteiger charge is -2.11. The van der Waals surface area contributed by atoms with Gasteiger partial charge in [0, 0.05) is 11.1 Å². The molecule has 0 amide bonds. The molecule has 0 radical (unpaired) electrons. The molecule has 96 valence electrons. The third kappa shape index (κ3) is 4.53. The molecule has 17 heavy (non-hydrogen) atoms. The lowest BCUT2D eigenvalue weighted by molar-refractivity contribution is 0.295. The number of hydrogen-bond donors (Lipinski definition) is 2. The molecule has 0 unspecified atom stereocenters. The Bertz CT molecular complexity index is 475. The average molecular weight is 324 g/mol. The first kappa shape index (κ1) is 14.3. The van der Waals surface area contributed by atoms with Crippen LogP contribution in [0, 0.1) is 0 Å². The summed E-state index contributed by atoms with van der Waals surface area (Å²) in [5, 5.41) is 8.62. The monoisotopic (exact) mass is 323 g/mol. The minimum absolute atomic E-state index is 0.126. The molecule has 1 aromatic carbocycles. The minimum Gasteiger partial charge on any atom is -0.495 e. The fraction of sp³-hybridized carbons (Fsp3) is 0.400. The maximum absolute atomic E-state index is 11.6. The molecule has 0 bridgehead atoms. The van der Waals surface area contributed by atoms with Gasteiger partial charge < -0.3 is 9.84 Å². The van der Waals surface area contributed by atoms with E-state index in [1.54, 1.807) is 18.2 Å². The van der Waals surface area contributed by atoms with E-state index in [-0.39, 0.29) is 18.8 Å². The number of ether oxygens (including phenoxy) is 1. The van der Waals surface area contributed by atoms with Gasteiger partial charge in [-0.15, -0.1) is 0 Å². The van der Waals surface area contributed by atoms with Crippen molar-refractivity contribution in [3.05, 3.63) is 22.7 Å². The molecule has 0 aromatic heterocycles. The van der Waals surface area contributed by atoms with E-state index in [0.29, 0.717) is 11.4 Å². The zero-order valence-corrected chi connectivity index (χ0v) is 11.7. The maximum atomic E-state index is 11.6. The van der Waals surface area contributed by atoms with Gasteiger partial charge >= 0.3 is 0 Å².